The van der Waals surface area contributed by atoms with Gasteiger partial charge in [0.25, 0.3) is 0 Å². The fraction of sp³-hybridized carbons (Fsp3) is 1.00. The zero-order chi connectivity index (χ0) is 6.85. The molecule has 2 N–H and O–H groups in total. The van der Waals surface area contributed by atoms with Crippen molar-refractivity contribution in [2.45, 2.75) is 19.4 Å². The van der Waals surface area contributed by atoms with Crippen LogP contribution in [0.5, 0.6) is 0 Å². The minimum atomic E-state index is 0.704. The minimum Gasteiger partial charge on any atom is -0.330 e. The molecule has 2 nitrogen and oxygen atoms in total. The third kappa shape index (κ3) is 1.25. The lowest BCUT2D eigenvalue weighted by molar-refractivity contribution is 0.295. The molecule has 1 aliphatic heterocycles. The highest BCUT2D eigenvalue weighted by Gasteiger charge is 2.25. The van der Waals surface area contributed by atoms with Crippen LogP contribution in [0, 0.1) is 5.92 Å². The van der Waals surface area contributed by atoms with Gasteiger partial charge in [0.1, 0.15) is 0 Å². The minimum absolute atomic E-state index is 0.704. The normalized spacial score (nSPS) is 37.7. The first-order valence-electron chi connectivity index (χ1n) is 3.66. The second-order valence-electron chi connectivity index (χ2n) is 3.01. The SMILES string of the molecule is CC1C(CN)CCN1C. The van der Waals surface area contributed by atoms with Crippen LogP contribution in [0.25, 0.3) is 0 Å². The maximum absolute atomic E-state index is 5.56. The van der Waals surface area contributed by atoms with Gasteiger partial charge in [0, 0.05) is 6.04 Å². The van der Waals surface area contributed by atoms with Crippen LogP contribution in [0.15, 0.2) is 0 Å². The molecular weight excluding hydrogens is 112 g/mol. The highest BCUT2D eigenvalue weighted by Crippen LogP contribution is 2.20. The number of nitrogens with zero attached hydrogens (tertiary/aromatic N) is 1. The maximum atomic E-state index is 5.56. The summed E-state index contributed by atoms with van der Waals surface area (Å²) in [6, 6.07) is 0.704. The van der Waals surface area contributed by atoms with E-state index >= 15 is 0 Å². The van der Waals surface area contributed by atoms with Crippen LogP contribution >= 0.6 is 0 Å². The predicted octanol–water partition coefficient (Wildman–Crippen LogP) is 0.285. The monoisotopic (exact) mass is 128 g/mol. The average Bonchev–Trinajstić information content (AvgIpc) is 2.15. The topological polar surface area (TPSA) is 29.3 Å². The summed E-state index contributed by atoms with van der Waals surface area (Å²) in [7, 11) is 2.17. The Morgan fingerprint density at radius 3 is 2.56 bits per heavy atom. The van der Waals surface area contributed by atoms with E-state index < -0.39 is 0 Å². The zero-order valence-electron chi connectivity index (χ0n) is 6.30. The van der Waals surface area contributed by atoms with Gasteiger partial charge in [-0.2, -0.15) is 0 Å². The molecule has 9 heavy (non-hydrogen) atoms. The molecule has 0 aromatic heterocycles. The summed E-state index contributed by atoms with van der Waals surface area (Å²) < 4.78 is 0. The molecule has 1 saturated heterocycles. The molecule has 0 aliphatic carbocycles. The van der Waals surface area contributed by atoms with Crippen molar-refractivity contribution in [3.63, 3.8) is 0 Å². The lowest BCUT2D eigenvalue weighted by atomic mass is 10.0. The first-order valence-corrected chi connectivity index (χ1v) is 3.66. The molecule has 0 saturated carbocycles. The standard InChI is InChI=1S/C7H16N2/c1-6-7(5-8)3-4-9(6)2/h6-7H,3-5,8H2,1-2H3. The number of hydrogen-bond acceptors (Lipinski definition) is 2. The van der Waals surface area contributed by atoms with Crippen LogP contribution in [0.4, 0.5) is 0 Å². The van der Waals surface area contributed by atoms with E-state index in [2.05, 4.69) is 18.9 Å². The van der Waals surface area contributed by atoms with Crippen LogP contribution in [0.1, 0.15) is 13.3 Å². The van der Waals surface area contributed by atoms with Crippen LogP contribution in [-0.4, -0.2) is 31.1 Å². The Morgan fingerprint density at radius 1 is 1.67 bits per heavy atom. The third-order valence-corrected chi connectivity index (χ3v) is 2.53. The Kier molecular flexibility index (Phi) is 2.09. The van der Waals surface area contributed by atoms with Crippen LogP contribution < -0.4 is 5.73 Å². The highest BCUT2D eigenvalue weighted by molar-refractivity contribution is 4.81. The Bertz CT molecular complexity index is 92.9. The zero-order valence-corrected chi connectivity index (χ0v) is 6.30. The van der Waals surface area contributed by atoms with Crippen LogP contribution in [-0.2, 0) is 0 Å². The van der Waals surface area contributed by atoms with Crippen molar-refractivity contribution in [3.05, 3.63) is 0 Å². The smallest absolute Gasteiger partial charge is 0.0105 e. The van der Waals surface area contributed by atoms with Crippen LogP contribution in [0.3, 0.4) is 0 Å². The van der Waals surface area contributed by atoms with Crippen LogP contribution in [0.2, 0.25) is 0 Å². The van der Waals surface area contributed by atoms with Crippen molar-refractivity contribution in [1.29, 1.82) is 0 Å². The maximum Gasteiger partial charge on any atom is 0.0105 e. The van der Waals surface area contributed by atoms with E-state index in [1.807, 2.05) is 0 Å². The van der Waals surface area contributed by atoms with E-state index in [1.54, 1.807) is 0 Å². The van der Waals surface area contributed by atoms with Gasteiger partial charge in [0.15, 0.2) is 0 Å². The molecule has 1 heterocycles. The Balaban J connectivity index is 2.41. The number of rotatable bonds is 1. The molecular formula is C7H16N2. The van der Waals surface area contributed by atoms with E-state index in [4.69, 9.17) is 5.73 Å². The molecule has 0 aromatic rings. The van der Waals surface area contributed by atoms with E-state index in [0.29, 0.717) is 6.04 Å². The molecule has 1 rings (SSSR count). The van der Waals surface area contributed by atoms with Gasteiger partial charge >= 0.3 is 0 Å². The predicted molar refractivity (Wildman–Crippen MR) is 39.3 cm³/mol. The van der Waals surface area contributed by atoms with Crippen molar-refractivity contribution in [1.82, 2.24) is 4.90 Å². The van der Waals surface area contributed by atoms with Gasteiger partial charge in [0.2, 0.25) is 0 Å². The summed E-state index contributed by atoms with van der Waals surface area (Å²) in [6.45, 7) is 4.33. The van der Waals surface area contributed by atoms with Crippen molar-refractivity contribution in [3.8, 4) is 0 Å². The fourth-order valence-corrected chi connectivity index (χ4v) is 1.49. The van der Waals surface area contributed by atoms with Gasteiger partial charge in [-0.25, -0.2) is 0 Å². The Labute approximate surface area is 57.0 Å². The fourth-order valence-electron chi connectivity index (χ4n) is 1.49. The molecule has 2 atom stereocenters. The number of likely N-dealkylation sites (tertiary alicyclic amines) is 1. The lowest BCUT2D eigenvalue weighted by Gasteiger charge is -2.18. The summed E-state index contributed by atoms with van der Waals surface area (Å²) in [4.78, 5) is 2.37. The summed E-state index contributed by atoms with van der Waals surface area (Å²) in [5.74, 6) is 0.745. The second kappa shape index (κ2) is 2.67. The largest absolute Gasteiger partial charge is 0.330 e. The summed E-state index contributed by atoms with van der Waals surface area (Å²) in [5.41, 5.74) is 5.56. The molecule has 54 valence electrons. The van der Waals surface area contributed by atoms with E-state index in [9.17, 15) is 0 Å². The van der Waals surface area contributed by atoms with E-state index in [1.165, 1.54) is 13.0 Å². The average molecular weight is 128 g/mol. The van der Waals surface area contributed by atoms with Gasteiger partial charge in [0.05, 0.1) is 0 Å². The Morgan fingerprint density at radius 2 is 2.33 bits per heavy atom. The van der Waals surface area contributed by atoms with Crippen molar-refractivity contribution >= 4 is 0 Å². The van der Waals surface area contributed by atoms with Crippen molar-refractivity contribution in [2.75, 3.05) is 20.1 Å². The van der Waals surface area contributed by atoms with Crippen molar-refractivity contribution < 1.29 is 0 Å². The molecule has 0 aromatic carbocycles. The molecule has 2 unspecified atom stereocenters. The number of hydrogen-bond donors (Lipinski definition) is 1. The Hall–Kier alpha value is -0.0800. The van der Waals surface area contributed by atoms with E-state index in [-0.39, 0.29) is 0 Å². The summed E-state index contributed by atoms with van der Waals surface area (Å²) in [5, 5.41) is 0. The summed E-state index contributed by atoms with van der Waals surface area (Å²) in [6.07, 6.45) is 1.29. The van der Waals surface area contributed by atoms with Gasteiger partial charge < -0.3 is 10.6 Å². The quantitative estimate of drug-likeness (QED) is 0.550. The molecule has 1 fully saturated rings. The molecule has 0 bridgehead atoms. The van der Waals surface area contributed by atoms with Crippen molar-refractivity contribution in [2.24, 2.45) is 11.7 Å². The highest BCUT2D eigenvalue weighted by atomic mass is 15.1. The van der Waals surface area contributed by atoms with E-state index in [0.717, 1.165) is 12.5 Å². The molecule has 2 heteroatoms. The molecule has 0 radical (unpaired) electrons. The van der Waals surface area contributed by atoms with Gasteiger partial charge in [-0.1, -0.05) is 0 Å². The third-order valence-electron chi connectivity index (χ3n) is 2.53. The molecule has 0 spiro atoms. The summed E-state index contributed by atoms with van der Waals surface area (Å²) >= 11 is 0. The molecule has 1 aliphatic rings. The second-order valence-corrected chi connectivity index (χ2v) is 3.01. The lowest BCUT2D eigenvalue weighted by Crippen LogP contribution is -2.29. The van der Waals surface area contributed by atoms with Gasteiger partial charge in [-0.05, 0) is 39.4 Å². The van der Waals surface area contributed by atoms with Gasteiger partial charge in [-0.15, -0.1) is 0 Å². The molecule has 0 amide bonds. The first-order chi connectivity index (χ1) is 4.25. The first kappa shape index (κ1) is 7.03. The number of nitrogens with two attached hydrogens (primary N) is 1. The van der Waals surface area contributed by atoms with Gasteiger partial charge in [-0.3, -0.25) is 0 Å².